The number of benzene rings is 1. The van der Waals surface area contributed by atoms with E-state index in [1.165, 1.54) is 30.1 Å². The second-order valence-corrected chi connectivity index (χ2v) is 7.53. The van der Waals surface area contributed by atoms with E-state index < -0.39 is 11.7 Å². The first-order valence-corrected chi connectivity index (χ1v) is 8.55. The van der Waals surface area contributed by atoms with Gasteiger partial charge in [0.2, 0.25) is 7.85 Å². The van der Waals surface area contributed by atoms with Crippen LogP contribution < -0.4 is 10.6 Å². The van der Waals surface area contributed by atoms with Crippen LogP contribution >= 0.6 is 0 Å². The molecule has 0 spiro atoms. The van der Waals surface area contributed by atoms with Crippen molar-refractivity contribution in [1.82, 2.24) is 5.32 Å². The molecule has 2 amide bonds. The van der Waals surface area contributed by atoms with Crippen molar-refractivity contribution in [3.05, 3.63) is 46.7 Å². The van der Waals surface area contributed by atoms with Gasteiger partial charge < -0.3 is 10.1 Å². The van der Waals surface area contributed by atoms with Gasteiger partial charge in [-0.25, -0.2) is 4.79 Å². The van der Waals surface area contributed by atoms with Crippen LogP contribution in [0.3, 0.4) is 0 Å². The molecule has 0 atom stereocenters. The minimum Gasteiger partial charge on any atom is -0.444 e. The lowest BCUT2D eigenvalue weighted by Crippen LogP contribution is -2.32. The van der Waals surface area contributed by atoms with Gasteiger partial charge in [0.1, 0.15) is 5.60 Å². The Kier molecular flexibility index (Phi) is 4.46. The van der Waals surface area contributed by atoms with Gasteiger partial charge in [0.15, 0.2) is 5.81 Å². The summed E-state index contributed by atoms with van der Waals surface area (Å²) in [5.74, 6) is -0.0700. The molecular formula is C19H23BN2O3. The first-order chi connectivity index (χ1) is 11.7. The molecule has 6 heteroatoms. The Labute approximate surface area is 148 Å². The molecule has 0 heterocycles. The summed E-state index contributed by atoms with van der Waals surface area (Å²) < 4.78 is 5.32. The standard InChI is InChI=1S/C19H23BN2O3/c1-19(2,3)25-18(24)22-14-5-7-16-12(10-14)8-11-9-13(21-17(20)23)4-6-15(11)16/h4,6,9-10H,5,7-8,20H2,1-3H3,(H,21,23)(H,22,24). The van der Waals surface area contributed by atoms with E-state index >= 15 is 0 Å². The minimum atomic E-state index is -0.507. The monoisotopic (exact) mass is 338 g/mol. The van der Waals surface area contributed by atoms with Gasteiger partial charge in [0.25, 0.3) is 0 Å². The Hall–Kier alpha value is -2.50. The van der Waals surface area contributed by atoms with Crippen LogP contribution in [0.25, 0.3) is 5.57 Å². The molecule has 1 aromatic rings. The number of carbonyl (C=O) groups is 2. The molecule has 5 nitrogen and oxygen atoms in total. The first kappa shape index (κ1) is 17.3. The van der Waals surface area contributed by atoms with Gasteiger partial charge in [-0.1, -0.05) is 6.07 Å². The third-order valence-electron chi connectivity index (χ3n) is 4.17. The Morgan fingerprint density at radius 1 is 1.16 bits per heavy atom. The molecule has 0 aliphatic heterocycles. The van der Waals surface area contributed by atoms with E-state index in [1.54, 1.807) is 0 Å². The van der Waals surface area contributed by atoms with Crippen molar-refractivity contribution < 1.29 is 14.3 Å². The zero-order valence-corrected chi connectivity index (χ0v) is 15.2. The summed E-state index contributed by atoms with van der Waals surface area (Å²) in [5.41, 5.74) is 6.23. The molecule has 2 aliphatic rings. The molecule has 0 aromatic heterocycles. The highest BCUT2D eigenvalue weighted by atomic mass is 16.6. The number of amides is 2. The lowest BCUT2D eigenvalue weighted by Gasteiger charge is -2.22. The summed E-state index contributed by atoms with van der Waals surface area (Å²) in [6, 6.07) is 6.04. The largest absolute Gasteiger partial charge is 0.444 e. The fraction of sp³-hybridized carbons (Fsp3) is 0.368. The Balaban J connectivity index is 1.73. The van der Waals surface area contributed by atoms with Crippen LogP contribution in [0.4, 0.5) is 15.3 Å². The molecule has 0 bridgehead atoms. The van der Waals surface area contributed by atoms with Crippen molar-refractivity contribution in [3.8, 4) is 0 Å². The predicted octanol–water partition coefficient (Wildman–Crippen LogP) is 3.36. The van der Waals surface area contributed by atoms with Gasteiger partial charge in [-0.05, 0) is 80.5 Å². The SMILES string of the molecule is BC(=O)Nc1ccc2c(c1)CC1=C2CCC(NC(=O)OC(C)(C)C)=C1. The van der Waals surface area contributed by atoms with E-state index in [4.69, 9.17) is 4.74 Å². The number of anilines is 1. The molecule has 1 aromatic carbocycles. The number of hydrogen-bond acceptors (Lipinski definition) is 3. The normalized spacial score (nSPS) is 15.9. The fourth-order valence-electron chi connectivity index (χ4n) is 3.31. The molecule has 0 saturated heterocycles. The average molecular weight is 338 g/mol. The number of carbonyl (C=O) groups excluding carboxylic acids is 2. The van der Waals surface area contributed by atoms with Crippen LogP contribution in [-0.2, 0) is 11.2 Å². The van der Waals surface area contributed by atoms with E-state index in [2.05, 4.69) is 22.8 Å². The number of ether oxygens (including phenoxy) is 1. The first-order valence-electron chi connectivity index (χ1n) is 8.55. The van der Waals surface area contributed by atoms with Crippen LogP contribution in [-0.4, -0.2) is 25.3 Å². The van der Waals surface area contributed by atoms with Gasteiger partial charge in [0, 0.05) is 11.4 Å². The number of allylic oxidation sites excluding steroid dienone is 4. The van der Waals surface area contributed by atoms with Crippen LogP contribution in [0.2, 0.25) is 0 Å². The van der Waals surface area contributed by atoms with Gasteiger partial charge >= 0.3 is 6.09 Å². The van der Waals surface area contributed by atoms with Gasteiger partial charge in [-0.3, -0.25) is 10.1 Å². The van der Waals surface area contributed by atoms with E-state index in [-0.39, 0.29) is 5.81 Å². The lowest BCUT2D eigenvalue weighted by molar-refractivity contribution is 0.0544. The van der Waals surface area contributed by atoms with Crippen molar-refractivity contribution in [3.63, 3.8) is 0 Å². The summed E-state index contributed by atoms with van der Waals surface area (Å²) in [6.07, 6.45) is 4.14. The fourth-order valence-corrected chi connectivity index (χ4v) is 3.31. The van der Waals surface area contributed by atoms with E-state index in [9.17, 15) is 9.59 Å². The maximum Gasteiger partial charge on any atom is 0.411 e. The molecule has 0 radical (unpaired) electrons. The minimum absolute atomic E-state index is 0.0700. The quantitative estimate of drug-likeness (QED) is 0.813. The number of nitrogens with one attached hydrogen (secondary N) is 2. The molecule has 0 fully saturated rings. The van der Waals surface area contributed by atoms with Crippen molar-refractivity contribution in [2.24, 2.45) is 0 Å². The van der Waals surface area contributed by atoms with E-state index in [0.29, 0.717) is 0 Å². The van der Waals surface area contributed by atoms with Crippen LogP contribution in [0.1, 0.15) is 44.7 Å². The molecule has 0 saturated carbocycles. The summed E-state index contributed by atoms with van der Waals surface area (Å²) in [5, 5.41) is 5.69. The molecule has 2 aliphatic carbocycles. The topological polar surface area (TPSA) is 67.4 Å². The zero-order chi connectivity index (χ0) is 18.2. The van der Waals surface area contributed by atoms with Crippen LogP contribution in [0.15, 0.2) is 35.5 Å². The Morgan fingerprint density at radius 3 is 2.60 bits per heavy atom. The van der Waals surface area contributed by atoms with Crippen molar-refractivity contribution >= 4 is 31.0 Å². The summed E-state index contributed by atoms with van der Waals surface area (Å²) >= 11 is 0. The maximum atomic E-state index is 12.0. The molecule has 130 valence electrons. The van der Waals surface area contributed by atoms with Crippen LogP contribution in [0.5, 0.6) is 0 Å². The highest BCUT2D eigenvalue weighted by Crippen LogP contribution is 2.41. The van der Waals surface area contributed by atoms with E-state index in [1.807, 2.05) is 32.9 Å². The molecule has 25 heavy (non-hydrogen) atoms. The number of alkyl carbamates (subject to hydrolysis) is 1. The van der Waals surface area contributed by atoms with Gasteiger partial charge in [0.05, 0.1) is 0 Å². The number of fused-ring (bicyclic) bond motifs is 2. The third-order valence-corrected chi connectivity index (χ3v) is 4.17. The Morgan fingerprint density at radius 2 is 1.92 bits per heavy atom. The molecule has 0 unspecified atom stereocenters. The molecule has 2 N–H and O–H groups in total. The zero-order valence-electron chi connectivity index (χ0n) is 15.2. The summed E-state index contributed by atoms with van der Waals surface area (Å²) in [4.78, 5) is 23.2. The highest BCUT2D eigenvalue weighted by Gasteiger charge is 2.25. The third kappa shape index (κ3) is 4.13. The number of rotatable bonds is 2. The summed E-state index contributed by atoms with van der Waals surface area (Å²) in [6.45, 7) is 5.55. The Bertz CT molecular complexity index is 803. The maximum absolute atomic E-state index is 12.0. The highest BCUT2D eigenvalue weighted by molar-refractivity contribution is 6.60. The second kappa shape index (κ2) is 6.43. The van der Waals surface area contributed by atoms with Crippen molar-refractivity contribution in [2.45, 2.75) is 45.6 Å². The van der Waals surface area contributed by atoms with Crippen LogP contribution in [0, 0.1) is 0 Å². The number of hydrogen-bond donors (Lipinski definition) is 2. The molecular weight excluding hydrogens is 315 g/mol. The predicted molar refractivity (Wildman–Crippen MR) is 101 cm³/mol. The smallest absolute Gasteiger partial charge is 0.411 e. The average Bonchev–Trinajstić information content (AvgIpc) is 2.80. The lowest BCUT2D eigenvalue weighted by atomic mass is 9.95. The summed E-state index contributed by atoms with van der Waals surface area (Å²) in [7, 11) is 1.51. The van der Waals surface area contributed by atoms with Gasteiger partial charge in [-0.2, -0.15) is 0 Å². The van der Waals surface area contributed by atoms with Crippen molar-refractivity contribution in [1.29, 1.82) is 0 Å². The van der Waals surface area contributed by atoms with Gasteiger partial charge in [-0.15, -0.1) is 0 Å². The van der Waals surface area contributed by atoms with E-state index in [0.717, 1.165) is 30.6 Å². The second-order valence-electron chi connectivity index (χ2n) is 7.53. The van der Waals surface area contributed by atoms with Crippen molar-refractivity contribution in [2.75, 3.05) is 5.32 Å². The molecule has 3 rings (SSSR count).